The van der Waals surface area contributed by atoms with E-state index in [1.807, 2.05) is 12.3 Å². The average molecular weight is 286 g/mol. The van der Waals surface area contributed by atoms with E-state index < -0.39 is 0 Å². The summed E-state index contributed by atoms with van der Waals surface area (Å²) in [6.07, 6.45) is 10.7. The Bertz CT molecular complexity index is 497. The smallest absolute Gasteiger partial charge is 0.0714 e. The molecule has 3 unspecified atom stereocenters. The summed E-state index contributed by atoms with van der Waals surface area (Å²) < 4.78 is 6.32. The first-order valence-corrected chi connectivity index (χ1v) is 8.54. The largest absolute Gasteiger partial charge is 0.374 e. The predicted molar refractivity (Wildman–Crippen MR) is 83.0 cm³/mol. The lowest BCUT2D eigenvalue weighted by molar-refractivity contribution is -0.0225. The van der Waals surface area contributed by atoms with E-state index in [1.54, 1.807) is 0 Å². The minimum atomic E-state index is 0.199. The molecule has 0 amide bonds. The van der Waals surface area contributed by atoms with E-state index >= 15 is 0 Å². The first-order valence-electron chi connectivity index (χ1n) is 8.54. The van der Waals surface area contributed by atoms with Crippen molar-refractivity contribution in [3.63, 3.8) is 0 Å². The van der Waals surface area contributed by atoms with Gasteiger partial charge in [-0.1, -0.05) is 18.9 Å². The maximum Gasteiger partial charge on any atom is 0.0714 e. The Hall–Kier alpha value is -0.930. The van der Waals surface area contributed by atoms with E-state index in [1.165, 1.54) is 44.2 Å². The summed E-state index contributed by atoms with van der Waals surface area (Å²) in [5.74, 6) is 1.45. The van der Waals surface area contributed by atoms with Crippen LogP contribution in [0.15, 0.2) is 24.4 Å². The van der Waals surface area contributed by atoms with Crippen molar-refractivity contribution in [1.82, 2.24) is 4.98 Å². The lowest BCUT2D eigenvalue weighted by Gasteiger charge is -2.34. The molecule has 2 saturated carbocycles. The highest BCUT2D eigenvalue weighted by molar-refractivity contribution is 5.23. The van der Waals surface area contributed by atoms with Crippen molar-refractivity contribution >= 4 is 0 Å². The summed E-state index contributed by atoms with van der Waals surface area (Å²) in [6, 6.07) is 6.34. The number of aromatic nitrogens is 1. The molecule has 0 radical (unpaired) electrons. The molecule has 3 heteroatoms. The second-order valence-corrected chi connectivity index (χ2v) is 7.39. The van der Waals surface area contributed by atoms with Gasteiger partial charge in [-0.15, -0.1) is 0 Å². The third kappa shape index (κ3) is 2.05. The van der Waals surface area contributed by atoms with Gasteiger partial charge in [0.1, 0.15) is 0 Å². The Balaban J connectivity index is 1.66. The lowest BCUT2D eigenvalue weighted by Crippen LogP contribution is -2.35. The van der Waals surface area contributed by atoms with E-state index in [0.29, 0.717) is 0 Å². The van der Waals surface area contributed by atoms with Crippen molar-refractivity contribution in [2.45, 2.75) is 56.0 Å². The number of pyridine rings is 1. The van der Waals surface area contributed by atoms with Crippen LogP contribution in [0.5, 0.6) is 0 Å². The van der Waals surface area contributed by atoms with Crippen LogP contribution in [-0.4, -0.2) is 23.7 Å². The third-order valence-corrected chi connectivity index (χ3v) is 6.37. The van der Waals surface area contributed by atoms with E-state index in [2.05, 4.69) is 12.1 Å². The van der Waals surface area contributed by atoms with E-state index in [9.17, 15) is 0 Å². The van der Waals surface area contributed by atoms with E-state index in [0.717, 1.165) is 31.4 Å². The van der Waals surface area contributed by atoms with Crippen LogP contribution in [0.25, 0.3) is 0 Å². The highest BCUT2D eigenvalue weighted by Crippen LogP contribution is 2.60. The summed E-state index contributed by atoms with van der Waals surface area (Å²) in [6.45, 7) is 1.72. The molecule has 2 N–H and O–H groups in total. The first kappa shape index (κ1) is 13.7. The van der Waals surface area contributed by atoms with Crippen LogP contribution in [0.2, 0.25) is 0 Å². The first-order chi connectivity index (χ1) is 10.3. The van der Waals surface area contributed by atoms with Crippen molar-refractivity contribution in [3.05, 3.63) is 30.1 Å². The zero-order valence-corrected chi connectivity index (χ0v) is 12.8. The monoisotopic (exact) mass is 286 g/mol. The van der Waals surface area contributed by atoms with Crippen molar-refractivity contribution in [1.29, 1.82) is 0 Å². The van der Waals surface area contributed by atoms with Crippen molar-refractivity contribution in [2.24, 2.45) is 17.6 Å². The number of rotatable bonds is 3. The van der Waals surface area contributed by atoms with Gasteiger partial charge in [0.15, 0.2) is 0 Å². The molecule has 114 valence electrons. The van der Waals surface area contributed by atoms with Crippen LogP contribution in [0.3, 0.4) is 0 Å². The van der Waals surface area contributed by atoms with Gasteiger partial charge in [-0.3, -0.25) is 4.98 Å². The Morgan fingerprint density at radius 3 is 2.81 bits per heavy atom. The molecule has 1 spiro atoms. The van der Waals surface area contributed by atoms with Gasteiger partial charge in [-0.05, 0) is 62.6 Å². The summed E-state index contributed by atoms with van der Waals surface area (Å²) >= 11 is 0. The fourth-order valence-corrected chi connectivity index (χ4v) is 5.47. The Kier molecular flexibility index (Phi) is 3.31. The number of fused-ring (bicyclic) bond motifs is 2. The summed E-state index contributed by atoms with van der Waals surface area (Å²) in [5, 5.41) is 0. The van der Waals surface area contributed by atoms with Crippen molar-refractivity contribution in [2.75, 3.05) is 13.2 Å². The second kappa shape index (κ2) is 5.06. The minimum absolute atomic E-state index is 0.199. The van der Waals surface area contributed by atoms with Crippen LogP contribution in [0, 0.1) is 11.8 Å². The average Bonchev–Trinajstić information content (AvgIpc) is 3.19. The molecule has 2 aliphatic carbocycles. The van der Waals surface area contributed by atoms with Gasteiger partial charge < -0.3 is 10.5 Å². The number of nitrogens with two attached hydrogens (primary N) is 1. The van der Waals surface area contributed by atoms with Crippen molar-refractivity contribution in [3.8, 4) is 0 Å². The fraction of sp³-hybridized carbons (Fsp3) is 0.722. The van der Waals surface area contributed by atoms with Crippen molar-refractivity contribution < 1.29 is 4.74 Å². The minimum Gasteiger partial charge on any atom is -0.374 e. The highest BCUT2D eigenvalue weighted by atomic mass is 16.5. The molecule has 1 saturated heterocycles. The molecule has 1 aromatic rings. The number of hydrogen-bond donors (Lipinski definition) is 1. The molecule has 3 aliphatic rings. The van der Waals surface area contributed by atoms with Gasteiger partial charge in [0.25, 0.3) is 0 Å². The van der Waals surface area contributed by atoms with Gasteiger partial charge in [-0.2, -0.15) is 0 Å². The molecule has 1 aliphatic heterocycles. The van der Waals surface area contributed by atoms with E-state index in [-0.39, 0.29) is 11.0 Å². The fourth-order valence-electron chi connectivity index (χ4n) is 5.47. The SMILES string of the molecule is NCCC1(c2ccccn2)CC2COC3(CCCC3)C2C1. The molecule has 3 atom stereocenters. The van der Waals surface area contributed by atoms with Crippen LogP contribution >= 0.6 is 0 Å². The summed E-state index contributed by atoms with van der Waals surface area (Å²) in [4.78, 5) is 4.70. The molecule has 2 heterocycles. The summed E-state index contributed by atoms with van der Waals surface area (Å²) in [7, 11) is 0. The number of nitrogens with zero attached hydrogens (tertiary/aromatic N) is 1. The van der Waals surface area contributed by atoms with E-state index in [4.69, 9.17) is 15.5 Å². The highest BCUT2D eigenvalue weighted by Gasteiger charge is 2.59. The molecular formula is C18H26N2O. The Labute approximate surface area is 127 Å². The summed E-state index contributed by atoms with van der Waals surface area (Å²) in [5.41, 5.74) is 7.63. The number of ether oxygens (including phenoxy) is 1. The molecule has 4 rings (SSSR count). The van der Waals surface area contributed by atoms with Crippen LogP contribution in [-0.2, 0) is 10.2 Å². The van der Waals surface area contributed by atoms with Gasteiger partial charge in [0, 0.05) is 17.3 Å². The topological polar surface area (TPSA) is 48.1 Å². The third-order valence-electron chi connectivity index (χ3n) is 6.37. The van der Waals surface area contributed by atoms with Crippen LogP contribution in [0.1, 0.15) is 50.6 Å². The Morgan fingerprint density at radius 2 is 2.10 bits per heavy atom. The normalized spacial score (nSPS) is 37.2. The predicted octanol–water partition coefficient (Wildman–Crippen LogP) is 3.04. The molecular weight excluding hydrogens is 260 g/mol. The quantitative estimate of drug-likeness (QED) is 0.929. The second-order valence-electron chi connectivity index (χ2n) is 7.39. The van der Waals surface area contributed by atoms with Gasteiger partial charge in [0.2, 0.25) is 0 Å². The van der Waals surface area contributed by atoms with Gasteiger partial charge in [0.05, 0.1) is 12.2 Å². The van der Waals surface area contributed by atoms with Gasteiger partial charge >= 0.3 is 0 Å². The lowest BCUT2D eigenvalue weighted by atomic mass is 9.75. The maximum absolute atomic E-state index is 6.32. The molecule has 21 heavy (non-hydrogen) atoms. The zero-order chi connectivity index (χ0) is 14.3. The zero-order valence-electron chi connectivity index (χ0n) is 12.8. The Morgan fingerprint density at radius 1 is 1.24 bits per heavy atom. The molecule has 0 aromatic carbocycles. The molecule has 3 nitrogen and oxygen atoms in total. The molecule has 0 bridgehead atoms. The molecule has 1 aromatic heterocycles. The number of hydrogen-bond acceptors (Lipinski definition) is 3. The van der Waals surface area contributed by atoms with Crippen LogP contribution < -0.4 is 5.73 Å². The van der Waals surface area contributed by atoms with Crippen LogP contribution in [0.4, 0.5) is 0 Å². The maximum atomic E-state index is 6.32. The molecule has 3 fully saturated rings. The standard InChI is InChI=1S/C18H26N2O/c19-9-8-17(16-5-1-4-10-20-16)11-14-13-21-18(15(14)12-17)6-2-3-7-18/h1,4-5,10,14-15H,2-3,6-9,11-13,19H2. The van der Waals surface area contributed by atoms with Gasteiger partial charge in [-0.25, -0.2) is 0 Å².